The average molecular weight is 291 g/mol. The van der Waals surface area contributed by atoms with Crippen molar-refractivity contribution in [3.8, 4) is 5.75 Å². The lowest BCUT2D eigenvalue weighted by Gasteiger charge is -2.21. The zero-order chi connectivity index (χ0) is 15.4. The van der Waals surface area contributed by atoms with Gasteiger partial charge in [0, 0.05) is 29.3 Å². The summed E-state index contributed by atoms with van der Waals surface area (Å²) in [6.45, 7) is 3.71. The van der Waals surface area contributed by atoms with E-state index < -0.39 is 0 Å². The molecule has 4 heteroatoms. The van der Waals surface area contributed by atoms with Crippen LogP contribution in [0.15, 0.2) is 42.5 Å². The van der Waals surface area contributed by atoms with Gasteiger partial charge in [-0.05, 0) is 26.0 Å². The maximum absolute atomic E-state index is 14.0. The van der Waals surface area contributed by atoms with Crippen LogP contribution in [0.4, 0.5) is 8.78 Å². The molecule has 112 valence electrons. The van der Waals surface area contributed by atoms with E-state index in [0.717, 1.165) is 0 Å². The van der Waals surface area contributed by atoms with Crippen LogP contribution in [0.1, 0.15) is 37.1 Å². The predicted octanol–water partition coefficient (Wildman–Crippen LogP) is 4.39. The molecule has 1 N–H and O–H groups in total. The normalized spacial score (nSPS) is 13.8. The molecule has 0 heterocycles. The molecule has 0 bridgehead atoms. The summed E-state index contributed by atoms with van der Waals surface area (Å²) in [5, 5.41) is 3.21. The lowest BCUT2D eigenvalue weighted by molar-refractivity contribution is 0.408. The molecule has 2 nitrogen and oxygen atoms in total. The van der Waals surface area contributed by atoms with Gasteiger partial charge in [-0.1, -0.05) is 24.3 Å². The Labute approximate surface area is 123 Å². The molecule has 0 aliphatic heterocycles. The third-order valence-corrected chi connectivity index (χ3v) is 3.55. The van der Waals surface area contributed by atoms with E-state index in [1.807, 2.05) is 13.8 Å². The molecule has 2 unspecified atom stereocenters. The summed E-state index contributed by atoms with van der Waals surface area (Å²) in [5.74, 6) is -0.124. The van der Waals surface area contributed by atoms with Crippen LogP contribution in [0, 0.1) is 11.6 Å². The topological polar surface area (TPSA) is 21.3 Å². The highest BCUT2D eigenvalue weighted by Crippen LogP contribution is 2.25. The second kappa shape index (κ2) is 6.68. The van der Waals surface area contributed by atoms with E-state index >= 15 is 0 Å². The summed E-state index contributed by atoms with van der Waals surface area (Å²) in [7, 11) is 1.50. The van der Waals surface area contributed by atoms with Crippen molar-refractivity contribution in [2.75, 3.05) is 7.11 Å². The zero-order valence-corrected chi connectivity index (χ0v) is 12.4. The number of benzene rings is 2. The van der Waals surface area contributed by atoms with Gasteiger partial charge in [-0.3, -0.25) is 0 Å². The van der Waals surface area contributed by atoms with Crippen molar-refractivity contribution in [3.63, 3.8) is 0 Å². The first-order valence-electron chi connectivity index (χ1n) is 6.87. The van der Waals surface area contributed by atoms with Crippen molar-refractivity contribution in [1.82, 2.24) is 5.32 Å². The van der Waals surface area contributed by atoms with E-state index in [-0.39, 0.29) is 23.7 Å². The number of nitrogens with one attached hydrogen (secondary N) is 1. The highest BCUT2D eigenvalue weighted by molar-refractivity contribution is 5.31. The largest absolute Gasteiger partial charge is 0.497 e. The van der Waals surface area contributed by atoms with Crippen LogP contribution >= 0.6 is 0 Å². The SMILES string of the molecule is COc1ccc(C(C)NC(C)c2ccccc2F)c(F)c1. The third kappa shape index (κ3) is 3.58. The first-order chi connectivity index (χ1) is 10.0. The lowest BCUT2D eigenvalue weighted by atomic mass is 10.0. The second-order valence-corrected chi connectivity index (χ2v) is 5.02. The van der Waals surface area contributed by atoms with Crippen LogP contribution in [0.2, 0.25) is 0 Å². The van der Waals surface area contributed by atoms with Gasteiger partial charge in [0.2, 0.25) is 0 Å². The van der Waals surface area contributed by atoms with Crippen LogP contribution in [-0.4, -0.2) is 7.11 Å². The molecule has 0 aliphatic rings. The molecule has 2 rings (SSSR count). The Balaban J connectivity index is 2.14. The highest BCUT2D eigenvalue weighted by Gasteiger charge is 2.16. The fourth-order valence-corrected chi connectivity index (χ4v) is 2.37. The van der Waals surface area contributed by atoms with E-state index in [1.165, 1.54) is 19.2 Å². The van der Waals surface area contributed by atoms with Gasteiger partial charge < -0.3 is 10.1 Å². The molecular weight excluding hydrogens is 272 g/mol. The summed E-state index contributed by atoms with van der Waals surface area (Å²) in [4.78, 5) is 0. The van der Waals surface area contributed by atoms with Gasteiger partial charge >= 0.3 is 0 Å². The van der Waals surface area contributed by atoms with E-state index in [9.17, 15) is 8.78 Å². The first-order valence-corrected chi connectivity index (χ1v) is 6.87. The zero-order valence-electron chi connectivity index (χ0n) is 12.4. The summed E-state index contributed by atoms with van der Waals surface area (Å²) >= 11 is 0. The standard InChI is InChI=1S/C17H19F2NO/c1-11(14-6-4-5-7-16(14)18)20-12(2)15-9-8-13(21-3)10-17(15)19/h4-12,20H,1-3H3. The van der Waals surface area contributed by atoms with Crippen molar-refractivity contribution in [3.05, 3.63) is 65.2 Å². The minimum atomic E-state index is -0.338. The van der Waals surface area contributed by atoms with Gasteiger partial charge in [-0.2, -0.15) is 0 Å². The molecule has 0 saturated carbocycles. The summed E-state index contributed by atoms with van der Waals surface area (Å²) in [6.07, 6.45) is 0. The Morgan fingerprint density at radius 2 is 1.52 bits per heavy atom. The Morgan fingerprint density at radius 3 is 2.10 bits per heavy atom. The van der Waals surface area contributed by atoms with Crippen molar-refractivity contribution >= 4 is 0 Å². The molecule has 0 amide bonds. The van der Waals surface area contributed by atoms with Crippen LogP contribution in [0.3, 0.4) is 0 Å². The van der Waals surface area contributed by atoms with Gasteiger partial charge in [-0.15, -0.1) is 0 Å². The molecule has 0 fully saturated rings. The lowest BCUT2D eigenvalue weighted by Crippen LogP contribution is -2.24. The molecule has 2 atom stereocenters. The van der Waals surface area contributed by atoms with Gasteiger partial charge in [0.15, 0.2) is 0 Å². The maximum atomic E-state index is 14.0. The fraction of sp³-hybridized carbons (Fsp3) is 0.294. The Bertz CT molecular complexity index is 615. The molecule has 2 aromatic carbocycles. The number of rotatable bonds is 5. The molecular formula is C17H19F2NO. The molecule has 2 aromatic rings. The predicted molar refractivity (Wildman–Crippen MR) is 79.3 cm³/mol. The van der Waals surface area contributed by atoms with Crippen molar-refractivity contribution < 1.29 is 13.5 Å². The van der Waals surface area contributed by atoms with Crippen molar-refractivity contribution in [2.45, 2.75) is 25.9 Å². The number of methoxy groups -OCH3 is 1. The highest BCUT2D eigenvalue weighted by atomic mass is 19.1. The number of hydrogen-bond acceptors (Lipinski definition) is 2. The minimum Gasteiger partial charge on any atom is -0.497 e. The van der Waals surface area contributed by atoms with Crippen molar-refractivity contribution in [1.29, 1.82) is 0 Å². The monoisotopic (exact) mass is 291 g/mol. The Kier molecular flexibility index (Phi) is 4.91. The van der Waals surface area contributed by atoms with Crippen LogP contribution in [0.25, 0.3) is 0 Å². The molecule has 0 aliphatic carbocycles. The van der Waals surface area contributed by atoms with Gasteiger partial charge in [-0.25, -0.2) is 8.78 Å². The summed E-state index contributed by atoms with van der Waals surface area (Å²) < 4.78 is 32.8. The van der Waals surface area contributed by atoms with Gasteiger partial charge in [0.1, 0.15) is 17.4 Å². The Hall–Kier alpha value is -1.94. The minimum absolute atomic E-state index is 0.220. The van der Waals surface area contributed by atoms with Crippen LogP contribution in [-0.2, 0) is 0 Å². The maximum Gasteiger partial charge on any atom is 0.131 e. The summed E-state index contributed by atoms with van der Waals surface area (Å²) in [6, 6.07) is 10.9. The molecule has 0 spiro atoms. The number of halogens is 2. The molecule has 0 saturated heterocycles. The summed E-state index contributed by atoms with van der Waals surface area (Å²) in [5.41, 5.74) is 1.09. The second-order valence-electron chi connectivity index (χ2n) is 5.02. The number of ether oxygens (including phenoxy) is 1. The van der Waals surface area contributed by atoms with E-state index in [2.05, 4.69) is 5.32 Å². The Morgan fingerprint density at radius 1 is 0.905 bits per heavy atom. The quantitative estimate of drug-likeness (QED) is 0.882. The van der Waals surface area contributed by atoms with Crippen molar-refractivity contribution in [2.24, 2.45) is 0 Å². The fourth-order valence-electron chi connectivity index (χ4n) is 2.37. The first kappa shape index (κ1) is 15.4. The molecule has 0 aromatic heterocycles. The number of hydrogen-bond donors (Lipinski definition) is 1. The van der Waals surface area contributed by atoms with Gasteiger partial charge in [0.25, 0.3) is 0 Å². The molecule has 21 heavy (non-hydrogen) atoms. The van der Waals surface area contributed by atoms with E-state index in [0.29, 0.717) is 16.9 Å². The average Bonchev–Trinajstić information content (AvgIpc) is 2.47. The smallest absolute Gasteiger partial charge is 0.131 e. The third-order valence-electron chi connectivity index (χ3n) is 3.55. The van der Waals surface area contributed by atoms with E-state index in [1.54, 1.807) is 30.3 Å². The van der Waals surface area contributed by atoms with Crippen LogP contribution < -0.4 is 10.1 Å². The van der Waals surface area contributed by atoms with E-state index in [4.69, 9.17) is 4.74 Å². The van der Waals surface area contributed by atoms with Crippen LogP contribution in [0.5, 0.6) is 5.75 Å². The molecule has 0 radical (unpaired) electrons. The van der Waals surface area contributed by atoms with Gasteiger partial charge in [0.05, 0.1) is 7.11 Å².